The highest BCUT2D eigenvalue weighted by Crippen LogP contribution is 2.34. The van der Waals surface area contributed by atoms with E-state index < -0.39 is 27.7 Å². The number of hydrogen-bond acceptors (Lipinski definition) is 4. The first-order chi connectivity index (χ1) is 17.5. The first-order valence-corrected chi connectivity index (χ1v) is 12.7. The number of carbonyl (C=O) groups excluding carboxylic acids is 3. The van der Waals surface area contributed by atoms with Crippen LogP contribution in [0, 0.1) is 0 Å². The number of para-hydroxylation sites is 2. The van der Waals surface area contributed by atoms with Crippen LogP contribution in [0.25, 0.3) is 0 Å². The number of nitrogens with one attached hydrogen (secondary N) is 3. The molecular formula is C24H15Cl5N4O3S. The van der Waals surface area contributed by atoms with Crippen molar-refractivity contribution in [2.75, 3.05) is 10.2 Å². The van der Waals surface area contributed by atoms with Crippen LogP contribution in [0.4, 0.5) is 11.4 Å². The zero-order valence-electron chi connectivity index (χ0n) is 18.4. The summed E-state index contributed by atoms with van der Waals surface area (Å²) in [6.45, 7) is 0. The molecule has 1 aliphatic rings. The van der Waals surface area contributed by atoms with Crippen LogP contribution >= 0.6 is 70.2 Å². The number of rotatable bonds is 5. The van der Waals surface area contributed by atoms with Gasteiger partial charge in [-0.3, -0.25) is 14.4 Å². The standard InChI is InChI=1S/C24H15Cl5N4O3S/c25-12-9-10-15(16(26)11-12)19(34)31-22(24(27,28)29)32-23(37)30-17-7-3-4-8-18(17)33-20(35)13-5-1-2-6-14(13)21(33)36/h1-11,22H,(H,31,34)(H2,30,32,37). The molecule has 7 nitrogen and oxygen atoms in total. The molecule has 0 aliphatic carbocycles. The minimum atomic E-state index is -2.04. The van der Waals surface area contributed by atoms with Crippen LogP contribution in [0.1, 0.15) is 31.1 Å². The van der Waals surface area contributed by atoms with Crippen LogP contribution in [0.5, 0.6) is 0 Å². The number of carbonyl (C=O) groups is 3. The molecule has 0 aromatic heterocycles. The molecule has 0 radical (unpaired) electrons. The maximum atomic E-state index is 13.0. The summed E-state index contributed by atoms with van der Waals surface area (Å²) in [4.78, 5) is 39.8. The van der Waals surface area contributed by atoms with Crippen LogP contribution in [0.2, 0.25) is 10.0 Å². The second kappa shape index (κ2) is 11.0. The Morgan fingerprint density at radius 2 is 1.46 bits per heavy atom. The van der Waals surface area contributed by atoms with Gasteiger partial charge in [0.25, 0.3) is 17.7 Å². The fraction of sp³-hybridized carbons (Fsp3) is 0.0833. The van der Waals surface area contributed by atoms with Gasteiger partial charge in [-0.05, 0) is 54.7 Å². The highest BCUT2D eigenvalue weighted by atomic mass is 35.6. The number of hydrogen-bond donors (Lipinski definition) is 3. The van der Waals surface area contributed by atoms with E-state index in [2.05, 4.69) is 16.0 Å². The van der Waals surface area contributed by atoms with Crippen LogP contribution in [-0.2, 0) is 0 Å². The summed E-state index contributed by atoms with van der Waals surface area (Å²) in [6.07, 6.45) is -1.30. The normalized spacial score (nSPS) is 13.7. The number of alkyl halides is 3. The van der Waals surface area contributed by atoms with E-state index in [9.17, 15) is 14.4 Å². The second-order valence-electron chi connectivity index (χ2n) is 7.68. The molecule has 190 valence electrons. The zero-order chi connectivity index (χ0) is 26.9. The Balaban J connectivity index is 1.53. The molecule has 4 rings (SSSR count). The molecule has 1 heterocycles. The summed E-state index contributed by atoms with van der Waals surface area (Å²) in [5, 5.41) is 8.53. The van der Waals surface area contributed by atoms with E-state index in [1.807, 2.05) is 0 Å². The Bertz CT molecular complexity index is 1390. The third-order valence-electron chi connectivity index (χ3n) is 5.24. The molecule has 3 aromatic rings. The number of imide groups is 1. The first kappa shape index (κ1) is 27.4. The molecule has 0 bridgehead atoms. The predicted molar refractivity (Wildman–Crippen MR) is 151 cm³/mol. The number of amides is 3. The largest absolute Gasteiger partial charge is 0.339 e. The lowest BCUT2D eigenvalue weighted by Crippen LogP contribution is -2.56. The van der Waals surface area contributed by atoms with Crippen molar-refractivity contribution in [3.8, 4) is 0 Å². The quantitative estimate of drug-likeness (QED) is 0.137. The Labute approximate surface area is 241 Å². The van der Waals surface area contributed by atoms with Crippen LogP contribution in [0.3, 0.4) is 0 Å². The molecule has 3 amide bonds. The van der Waals surface area contributed by atoms with Crippen LogP contribution in [0.15, 0.2) is 66.7 Å². The van der Waals surface area contributed by atoms with E-state index in [0.717, 1.165) is 4.90 Å². The molecule has 3 aromatic carbocycles. The topological polar surface area (TPSA) is 90.5 Å². The molecule has 3 N–H and O–H groups in total. The van der Waals surface area contributed by atoms with Crippen molar-refractivity contribution >= 4 is 104 Å². The van der Waals surface area contributed by atoms with Gasteiger partial charge in [0.2, 0.25) is 3.79 Å². The smallest absolute Gasteiger partial charge is 0.266 e. The lowest BCUT2D eigenvalue weighted by Gasteiger charge is -2.28. The summed E-state index contributed by atoms with van der Waals surface area (Å²) in [5.41, 5.74) is 1.28. The van der Waals surface area contributed by atoms with Crippen molar-refractivity contribution < 1.29 is 14.4 Å². The van der Waals surface area contributed by atoms with Crippen molar-refractivity contribution in [3.05, 3.63) is 93.5 Å². The third kappa shape index (κ3) is 5.95. The van der Waals surface area contributed by atoms with Gasteiger partial charge in [-0.25, -0.2) is 4.90 Å². The first-order valence-electron chi connectivity index (χ1n) is 10.4. The van der Waals surface area contributed by atoms with E-state index in [1.54, 1.807) is 48.5 Å². The Kier molecular flexibility index (Phi) is 8.18. The number of halogens is 5. The lowest BCUT2D eigenvalue weighted by atomic mass is 10.1. The van der Waals surface area contributed by atoms with E-state index >= 15 is 0 Å². The molecule has 0 spiro atoms. The SMILES string of the molecule is O=C(NC(NC(=S)Nc1ccccc1N1C(=O)c2ccccc2C1=O)C(Cl)(Cl)Cl)c1ccc(Cl)cc1Cl. The van der Waals surface area contributed by atoms with Crippen molar-refractivity contribution in [1.29, 1.82) is 0 Å². The average molecular weight is 617 g/mol. The minimum absolute atomic E-state index is 0.0668. The number of anilines is 2. The molecule has 13 heteroatoms. The van der Waals surface area contributed by atoms with Gasteiger partial charge in [0.15, 0.2) is 5.11 Å². The summed E-state index contributed by atoms with van der Waals surface area (Å²) in [5.74, 6) is -1.60. The maximum absolute atomic E-state index is 13.0. The van der Waals surface area contributed by atoms with Crippen molar-refractivity contribution in [2.24, 2.45) is 0 Å². The Morgan fingerprint density at radius 3 is 2.05 bits per heavy atom. The Hall–Kier alpha value is -2.59. The number of benzene rings is 3. The van der Waals surface area contributed by atoms with Crippen LogP contribution in [-0.4, -0.2) is 32.8 Å². The molecule has 37 heavy (non-hydrogen) atoms. The molecule has 0 saturated carbocycles. The summed E-state index contributed by atoms with van der Waals surface area (Å²) in [6, 6.07) is 17.4. The summed E-state index contributed by atoms with van der Waals surface area (Å²) < 4.78 is -2.04. The fourth-order valence-electron chi connectivity index (χ4n) is 3.55. The van der Waals surface area contributed by atoms with Gasteiger partial charge in [-0.2, -0.15) is 0 Å². The van der Waals surface area contributed by atoms with E-state index in [4.69, 9.17) is 70.2 Å². The second-order valence-corrected chi connectivity index (χ2v) is 11.3. The molecule has 0 saturated heterocycles. The van der Waals surface area contributed by atoms with Gasteiger partial charge in [0, 0.05) is 5.02 Å². The molecular weight excluding hydrogens is 602 g/mol. The third-order valence-corrected chi connectivity index (χ3v) is 6.66. The van der Waals surface area contributed by atoms with Crippen molar-refractivity contribution in [1.82, 2.24) is 10.6 Å². The highest BCUT2D eigenvalue weighted by Gasteiger charge is 2.38. The van der Waals surface area contributed by atoms with Gasteiger partial charge >= 0.3 is 0 Å². The monoisotopic (exact) mass is 614 g/mol. The fourth-order valence-corrected chi connectivity index (χ4v) is 4.60. The molecule has 0 fully saturated rings. The predicted octanol–water partition coefficient (Wildman–Crippen LogP) is 6.21. The zero-order valence-corrected chi connectivity index (χ0v) is 23.0. The van der Waals surface area contributed by atoms with E-state index in [-0.39, 0.29) is 21.4 Å². The number of fused-ring (bicyclic) bond motifs is 1. The van der Waals surface area contributed by atoms with Gasteiger partial charge in [0.1, 0.15) is 6.17 Å². The van der Waals surface area contributed by atoms with E-state index in [1.165, 1.54) is 18.2 Å². The Morgan fingerprint density at radius 1 is 0.865 bits per heavy atom. The molecule has 1 unspecified atom stereocenters. The van der Waals surface area contributed by atoms with Gasteiger partial charge in [-0.15, -0.1) is 0 Å². The maximum Gasteiger partial charge on any atom is 0.266 e. The molecule has 1 atom stereocenters. The van der Waals surface area contributed by atoms with E-state index in [0.29, 0.717) is 21.8 Å². The summed E-state index contributed by atoms with van der Waals surface area (Å²) in [7, 11) is 0. The highest BCUT2D eigenvalue weighted by molar-refractivity contribution is 7.80. The lowest BCUT2D eigenvalue weighted by molar-refractivity contribution is 0.0918. The summed E-state index contributed by atoms with van der Waals surface area (Å²) >= 11 is 35.6. The average Bonchev–Trinajstić information content (AvgIpc) is 3.08. The molecule has 1 aliphatic heterocycles. The van der Waals surface area contributed by atoms with Crippen molar-refractivity contribution in [3.63, 3.8) is 0 Å². The minimum Gasteiger partial charge on any atom is -0.339 e. The van der Waals surface area contributed by atoms with Crippen LogP contribution < -0.4 is 20.9 Å². The number of thiocarbonyl (C=S) groups is 1. The van der Waals surface area contributed by atoms with Crippen molar-refractivity contribution in [2.45, 2.75) is 9.96 Å². The van der Waals surface area contributed by atoms with Gasteiger partial charge in [-0.1, -0.05) is 82.3 Å². The van der Waals surface area contributed by atoms with Gasteiger partial charge in [0.05, 0.1) is 33.1 Å². The van der Waals surface area contributed by atoms with Gasteiger partial charge < -0.3 is 16.0 Å². The number of nitrogens with zero attached hydrogens (tertiary/aromatic N) is 1.